The van der Waals surface area contributed by atoms with Gasteiger partial charge in [0.15, 0.2) is 0 Å². The second-order valence-corrected chi connectivity index (χ2v) is 8.09. The molecule has 1 aromatic heterocycles. The molecule has 31 heavy (non-hydrogen) atoms. The molecule has 1 heterocycles. The number of carbonyl (C=O) groups excluding carboxylic acids is 2. The molecule has 0 bridgehead atoms. The largest absolute Gasteiger partial charge is 0.495 e. The van der Waals surface area contributed by atoms with Gasteiger partial charge < -0.3 is 4.74 Å². The summed E-state index contributed by atoms with van der Waals surface area (Å²) in [5.74, 6) is -0.874. The average molecular weight is 440 g/mol. The normalized spacial score (nSPS) is 10.8. The minimum atomic E-state index is -4.01. The van der Waals surface area contributed by atoms with Gasteiger partial charge in [0.25, 0.3) is 21.8 Å². The zero-order valence-electron chi connectivity index (χ0n) is 16.7. The molecule has 3 N–H and O–H groups in total. The van der Waals surface area contributed by atoms with Crippen molar-refractivity contribution in [2.45, 2.75) is 11.8 Å². The number of ether oxygens (including phenoxy) is 1. The first-order valence-electron chi connectivity index (χ1n) is 9.09. The van der Waals surface area contributed by atoms with Crippen LogP contribution in [0.5, 0.6) is 5.75 Å². The fourth-order valence-corrected chi connectivity index (χ4v) is 4.06. The predicted octanol–water partition coefficient (Wildman–Crippen LogP) is 2.27. The van der Waals surface area contributed by atoms with Crippen molar-refractivity contribution in [1.29, 1.82) is 0 Å². The Morgan fingerprint density at radius 3 is 2.32 bits per heavy atom. The number of hydrogen-bond acceptors (Lipinski definition) is 6. The maximum atomic E-state index is 12.9. The molecule has 0 atom stereocenters. The second kappa shape index (κ2) is 9.26. The van der Waals surface area contributed by atoms with Crippen molar-refractivity contribution in [3.8, 4) is 5.75 Å². The lowest BCUT2D eigenvalue weighted by molar-refractivity contribution is 0.0846. The molecule has 0 aliphatic heterocycles. The van der Waals surface area contributed by atoms with Gasteiger partial charge in [-0.3, -0.25) is 30.1 Å². The highest BCUT2D eigenvalue weighted by Gasteiger charge is 2.21. The molecule has 9 nitrogen and oxygen atoms in total. The van der Waals surface area contributed by atoms with E-state index in [4.69, 9.17) is 4.74 Å². The third-order valence-electron chi connectivity index (χ3n) is 4.30. The lowest BCUT2D eigenvalue weighted by Crippen LogP contribution is -2.41. The van der Waals surface area contributed by atoms with Crippen LogP contribution in [0.3, 0.4) is 0 Å². The van der Waals surface area contributed by atoms with E-state index in [0.29, 0.717) is 11.3 Å². The lowest BCUT2D eigenvalue weighted by atomic mass is 10.1. The van der Waals surface area contributed by atoms with Crippen LogP contribution in [-0.4, -0.2) is 32.3 Å². The summed E-state index contributed by atoms with van der Waals surface area (Å²) in [4.78, 5) is 28.2. The Kier molecular flexibility index (Phi) is 6.51. The SMILES string of the molecule is COc1ccccc1NS(=O)(=O)c1cc(C(=O)NNC(=O)c2cccnc2)ccc1C. The summed E-state index contributed by atoms with van der Waals surface area (Å²) in [6.45, 7) is 1.61. The van der Waals surface area contributed by atoms with Gasteiger partial charge in [0.2, 0.25) is 0 Å². The molecule has 0 radical (unpaired) electrons. The maximum absolute atomic E-state index is 12.9. The van der Waals surface area contributed by atoms with Crippen LogP contribution in [0.4, 0.5) is 5.69 Å². The van der Waals surface area contributed by atoms with Crippen molar-refractivity contribution in [3.05, 3.63) is 83.7 Å². The molecule has 0 aliphatic carbocycles. The zero-order chi connectivity index (χ0) is 22.4. The summed E-state index contributed by atoms with van der Waals surface area (Å²) in [5.41, 5.74) is 5.55. The Morgan fingerprint density at radius 2 is 1.65 bits per heavy atom. The average Bonchev–Trinajstić information content (AvgIpc) is 2.78. The van der Waals surface area contributed by atoms with Crippen molar-refractivity contribution < 1.29 is 22.7 Å². The number of pyridine rings is 1. The van der Waals surface area contributed by atoms with Gasteiger partial charge in [-0.2, -0.15) is 0 Å². The quantitative estimate of drug-likeness (QED) is 0.505. The van der Waals surface area contributed by atoms with Gasteiger partial charge >= 0.3 is 0 Å². The van der Waals surface area contributed by atoms with Crippen LogP contribution in [0.25, 0.3) is 0 Å². The number of aromatic nitrogens is 1. The molecule has 160 valence electrons. The number of para-hydroxylation sites is 2. The summed E-state index contributed by atoms with van der Waals surface area (Å²) < 4.78 is 33.5. The number of aryl methyl sites for hydroxylation is 1. The molecule has 0 spiro atoms. The Balaban J connectivity index is 1.79. The number of benzene rings is 2. The van der Waals surface area contributed by atoms with Gasteiger partial charge in [-0.1, -0.05) is 18.2 Å². The van der Waals surface area contributed by atoms with E-state index in [-0.39, 0.29) is 21.7 Å². The highest BCUT2D eigenvalue weighted by Crippen LogP contribution is 2.27. The summed E-state index contributed by atoms with van der Waals surface area (Å²) in [6.07, 6.45) is 2.87. The molecule has 0 unspecified atom stereocenters. The summed E-state index contributed by atoms with van der Waals surface area (Å²) in [5, 5.41) is 0. The minimum absolute atomic E-state index is 0.0532. The molecular weight excluding hydrogens is 420 g/mol. The number of carbonyl (C=O) groups is 2. The highest BCUT2D eigenvalue weighted by atomic mass is 32.2. The molecule has 0 fully saturated rings. The Hall–Kier alpha value is -3.92. The van der Waals surface area contributed by atoms with E-state index in [1.807, 2.05) is 0 Å². The standard InChI is InChI=1S/C21H20N4O5S/c1-14-9-10-15(20(26)23-24-21(27)16-6-5-11-22-13-16)12-19(14)31(28,29)25-17-7-3-4-8-18(17)30-2/h3-13,25H,1-2H3,(H,23,26)(H,24,27). The number of nitrogens with one attached hydrogen (secondary N) is 3. The Labute approximate surface area is 179 Å². The zero-order valence-corrected chi connectivity index (χ0v) is 17.6. The number of rotatable bonds is 6. The van der Waals surface area contributed by atoms with Crippen LogP contribution in [0.2, 0.25) is 0 Å². The van der Waals surface area contributed by atoms with E-state index in [2.05, 4.69) is 20.6 Å². The molecule has 0 aliphatic rings. The van der Waals surface area contributed by atoms with Crippen molar-refractivity contribution in [1.82, 2.24) is 15.8 Å². The summed E-state index contributed by atoms with van der Waals surface area (Å²) >= 11 is 0. The number of hydrogen-bond donors (Lipinski definition) is 3. The monoisotopic (exact) mass is 440 g/mol. The third kappa shape index (κ3) is 5.17. The lowest BCUT2D eigenvalue weighted by Gasteiger charge is -2.14. The fourth-order valence-electron chi connectivity index (χ4n) is 2.71. The van der Waals surface area contributed by atoms with Gasteiger partial charge in [0.05, 0.1) is 23.3 Å². The first kappa shape index (κ1) is 21.8. The van der Waals surface area contributed by atoms with Crippen LogP contribution in [0, 0.1) is 6.92 Å². The van der Waals surface area contributed by atoms with Gasteiger partial charge in [0, 0.05) is 18.0 Å². The third-order valence-corrected chi connectivity index (χ3v) is 5.81. The van der Waals surface area contributed by atoms with Crippen LogP contribution < -0.4 is 20.3 Å². The van der Waals surface area contributed by atoms with Crippen LogP contribution in [0.15, 0.2) is 71.9 Å². The molecule has 3 rings (SSSR count). The van der Waals surface area contributed by atoms with E-state index in [1.165, 1.54) is 43.8 Å². The van der Waals surface area contributed by atoms with Gasteiger partial charge in [-0.25, -0.2) is 8.42 Å². The van der Waals surface area contributed by atoms with Crippen molar-refractivity contribution in [2.24, 2.45) is 0 Å². The highest BCUT2D eigenvalue weighted by molar-refractivity contribution is 7.92. The van der Waals surface area contributed by atoms with E-state index in [0.717, 1.165) is 0 Å². The van der Waals surface area contributed by atoms with Crippen LogP contribution >= 0.6 is 0 Å². The molecule has 2 aromatic carbocycles. The molecule has 3 aromatic rings. The maximum Gasteiger partial charge on any atom is 0.271 e. The fraction of sp³-hybridized carbons (Fsp3) is 0.0952. The number of amides is 2. The first-order valence-corrected chi connectivity index (χ1v) is 10.6. The first-order chi connectivity index (χ1) is 14.8. The molecule has 10 heteroatoms. The number of anilines is 1. The second-order valence-electron chi connectivity index (χ2n) is 6.44. The molecule has 0 saturated carbocycles. The molecule has 2 amide bonds. The summed E-state index contributed by atoms with van der Waals surface area (Å²) in [6, 6.07) is 13.9. The number of hydrazine groups is 1. The summed E-state index contributed by atoms with van der Waals surface area (Å²) in [7, 11) is -2.58. The van der Waals surface area contributed by atoms with E-state index < -0.39 is 21.8 Å². The van der Waals surface area contributed by atoms with Gasteiger partial charge in [0.1, 0.15) is 5.75 Å². The minimum Gasteiger partial charge on any atom is -0.495 e. The molecule has 0 saturated heterocycles. The van der Waals surface area contributed by atoms with E-state index in [1.54, 1.807) is 37.3 Å². The Bertz CT molecular complexity index is 1210. The van der Waals surface area contributed by atoms with Crippen molar-refractivity contribution >= 4 is 27.5 Å². The van der Waals surface area contributed by atoms with Crippen LogP contribution in [0.1, 0.15) is 26.3 Å². The van der Waals surface area contributed by atoms with Crippen molar-refractivity contribution in [3.63, 3.8) is 0 Å². The molecular formula is C21H20N4O5S. The van der Waals surface area contributed by atoms with E-state index >= 15 is 0 Å². The van der Waals surface area contributed by atoms with E-state index in [9.17, 15) is 18.0 Å². The topological polar surface area (TPSA) is 126 Å². The smallest absolute Gasteiger partial charge is 0.271 e. The van der Waals surface area contributed by atoms with Gasteiger partial charge in [-0.15, -0.1) is 0 Å². The van der Waals surface area contributed by atoms with Gasteiger partial charge in [-0.05, 0) is 48.9 Å². The van der Waals surface area contributed by atoms with Crippen LogP contribution in [-0.2, 0) is 10.0 Å². The number of sulfonamides is 1. The number of methoxy groups -OCH3 is 1. The van der Waals surface area contributed by atoms with Crippen molar-refractivity contribution in [2.75, 3.05) is 11.8 Å². The Morgan fingerprint density at radius 1 is 0.935 bits per heavy atom. The predicted molar refractivity (Wildman–Crippen MR) is 114 cm³/mol. The number of nitrogens with zero attached hydrogens (tertiary/aromatic N) is 1.